The number of pyridine rings is 1. The van der Waals surface area contributed by atoms with Gasteiger partial charge in [0.15, 0.2) is 0 Å². The van der Waals surface area contributed by atoms with Crippen molar-refractivity contribution in [2.45, 2.75) is 6.92 Å². The van der Waals surface area contributed by atoms with E-state index in [9.17, 15) is 0 Å². The predicted octanol–water partition coefficient (Wildman–Crippen LogP) is 2.69. The van der Waals surface area contributed by atoms with Gasteiger partial charge in [-0.05, 0) is 24.6 Å². The quantitative estimate of drug-likeness (QED) is 0.552. The van der Waals surface area contributed by atoms with Gasteiger partial charge in [-0.15, -0.1) is 0 Å². The molecule has 0 saturated carbocycles. The van der Waals surface area contributed by atoms with Crippen molar-refractivity contribution in [3.8, 4) is 0 Å². The Labute approximate surface area is 78.1 Å². The van der Waals surface area contributed by atoms with E-state index in [2.05, 4.69) is 11.6 Å². The fourth-order valence-electron chi connectivity index (χ4n) is 1.07. The van der Waals surface area contributed by atoms with Gasteiger partial charge in [-0.25, -0.2) is 0 Å². The van der Waals surface area contributed by atoms with E-state index in [1.165, 1.54) is 6.21 Å². The molecule has 0 saturated heterocycles. The molecule has 0 aromatic carbocycles. The van der Waals surface area contributed by atoms with E-state index in [0.29, 0.717) is 0 Å². The SMILES string of the molecule is C=C/C(=C(/C)C=N)c1ccccn1. The molecule has 0 radical (unpaired) electrons. The largest absolute Gasteiger partial charge is 0.308 e. The summed E-state index contributed by atoms with van der Waals surface area (Å²) in [6, 6.07) is 5.69. The smallest absolute Gasteiger partial charge is 0.0704 e. The Balaban J connectivity index is 3.20. The third-order valence-corrected chi connectivity index (χ3v) is 1.79. The first-order chi connectivity index (χ1) is 6.29. The van der Waals surface area contributed by atoms with Crippen LogP contribution in [0.2, 0.25) is 0 Å². The average molecular weight is 172 g/mol. The van der Waals surface area contributed by atoms with Crippen LogP contribution in [0.15, 0.2) is 42.6 Å². The molecule has 1 heterocycles. The summed E-state index contributed by atoms with van der Waals surface area (Å²) in [5.74, 6) is 0. The van der Waals surface area contributed by atoms with Crippen LogP contribution in [0.5, 0.6) is 0 Å². The summed E-state index contributed by atoms with van der Waals surface area (Å²) in [6.45, 7) is 5.58. The summed E-state index contributed by atoms with van der Waals surface area (Å²) in [7, 11) is 0. The number of hydrogen-bond donors (Lipinski definition) is 1. The third-order valence-electron chi connectivity index (χ3n) is 1.79. The molecule has 1 aromatic heterocycles. The molecular weight excluding hydrogens is 160 g/mol. The lowest BCUT2D eigenvalue weighted by Crippen LogP contribution is -1.89. The van der Waals surface area contributed by atoms with E-state index in [-0.39, 0.29) is 0 Å². The van der Waals surface area contributed by atoms with E-state index < -0.39 is 0 Å². The first kappa shape index (κ1) is 9.39. The first-order valence-electron chi connectivity index (χ1n) is 4.04. The Morgan fingerprint density at radius 2 is 2.31 bits per heavy atom. The monoisotopic (exact) mass is 172 g/mol. The molecule has 1 aromatic rings. The van der Waals surface area contributed by atoms with Crippen molar-refractivity contribution >= 4 is 11.8 Å². The fourth-order valence-corrected chi connectivity index (χ4v) is 1.07. The molecule has 0 spiro atoms. The van der Waals surface area contributed by atoms with Crippen LogP contribution < -0.4 is 0 Å². The summed E-state index contributed by atoms with van der Waals surface area (Å²) in [6.07, 6.45) is 4.77. The van der Waals surface area contributed by atoms with Gasteiger partial charge in [0.2, 0.25) is 0 Å². The van der Waals surface area contributed by atoms with Gasteiger partial charge in [-0.1, -0.05) is 18.7 Å². The number of nitrogens with zero attached hydrogens (tertiary/aromatic N) is 1. The van der Waals surface area contributed by atoms with Gasteiger partial charge in [0, 0.05) is 18.0 Å². The summed E-state index contributed by atoms with van der Waals surface area (Å²) in [5.41, 5.74) is 2.64. The molecule has 0 aliphatic heterocycles. The van der Waals surface area contributed by atoms with Crippen LogP contribution in [0.3, 0.4) is 0 Å². The van der Waals surface area contributed by atoms with Crippen LogP contribution in [-0.4, -0.2) is 11.2 Å². The molecular formula is C11H12N2. The minimum Gasteiger partial charge on any atom is -0.308 e. The topological polar surface area (TPSA) is 36.7 Å². The maximum atomic E-state index is 7.13. The number of rotatable bonds is 3. The Hall–Kier alpha value is -1.70. The van der Waals surface area contributed by atoms with Crippen LogP contribution >= 0.6 is 0 Å². The van der Waals surface area contributed by atoms with Crippen molar-refractivity contribution < 1.29 is 0 Å². The Bertz CT molecular complexity index is 336. The van der Waals surface area contributed by atoms with Gasteiger partial charge in [-0.3, -0.25) is 4.98 Å². The van der Waals surface area contributed by atoms with Crippen LogP contribution in [0, 0.1) is 5.41 Å². The molecule has 0 fully saturated rings. The lowest BCUT2D eigenvalue weighted by atomic mass is 10.1. The highest BCUT2D eigenvalue weighted by atomic mass is 14.7. The zero-order valence-corrected chi connectivity index (χ0v) is 7.62. The molecule has 1 N–H and O–H groups in total. The van der Waals surface area contributed by atoms with Crippen LogP contribution in [0.4, 0.5) is 0 Å². The average Bonchev–Trinajstić information content (AvgIpc) is 2.20. The van der Waals surface area contributed by atoms with Crippen molar-refractivity contribution in [3.63, 3.8) is 0 Å². The summed E-state index contributed by atoms with van der Waals surface area (Å²) >= 11 is 0. The number of allylic oxidation sites excluding steroid dienone is 3. The number of nitrogens with one attached hydrogen (secondary N) is 1. The lowest BCUT2D eigenvalue weighted by Gasteiger charge is -2.02. The normalized spacial score (nSPS) is 11.8. The maximum absolute atomic E-state index is 7.13. The van der Waals surface area contributed by atoms with E-state index in [0.717, 1.165) is 16.8 Å². The third kappa shape index (κ3) is 2.12. The molecule has 0 aliphatic carbocycles. The van der Waals surface area contributed by atoms with Crippen molar-refractivity contribution in [2.24, 2.45) is 0 Å². The minimum atomic E-state index is 0.860. The van der Waals surface area contributed by atoms with Gasteiger partial charge in [-0.2, -0.15) is 0 Å². The van der Waals surface area contributed by atoms with Crippen molar-refractivity contribution in [1.29, 1.82) is 5.41 Å². The van der Waals surface area contributed by atoms with Crippen LogP contribution in [-0.2, 0) is 0 Å². The van der Waals surface area contributed by atoms with Crippen molar-refractivity contribution in [1.82, 2.24) is 4.98 Å². The molecule has 2 heteroatoms. The van der Waals surface area contributed by atoms with Gasteiger partial charge in [0.1, 0.15) is 0 Å². The van der Waals surface area contributed by atoms with Gasteiger partial charge >= 0.3 is 0 Å². The Kier molecular flexibility index (Phi) is 3.15. The summed E-state index contributed by atoms with van der Waals surface area (Å²) in [5, 5.41) is 7.13. The standard InChI is InChI=1S/C11H12N2/c1-3-10(9(2)8-12)11-6-4-5-7-13-11/h3-8,12H,1H2,2H3/b10-9+,12-8?. The van der Waals surface area contributed by atoms with Gasteiger partial charge in [0.05, 0.1) is 5.69 Å². The second-order valence-electron chi connectivity index (χ2n) is 2.66. The Morgan fingerprint density at radius 1 is 1.54 bits per heavy atom. The summed E-state index contributed by atoms with van der Waals surface area (Å²) < 4.78 is 0. The second kappa shape index (κ2) is 4.36. The molecule has 0 amide bonds. The number of aromatic nitrogens is 1. The van der Waals surface area contributed by atoms with E-state index in [4.69, 9.17) is 5.41 Å². The highest BCUT2D eigenvalue weighted by Gasteiger charge is 2.00. The first-order valence-corrected chi connectivity index (χ1v) is 4.04. The van der Waals surface area contributed by atoms with E-state index in [1.807, 2.05) is 25.1 Å². The molecule has 0 unspecified atom stereocenters. The van der Waals surface area contributed by atoms with Crippen molar-refractivity contribution in [2.75, 3.05) is 0 Å². The highest BCUT2D eigenvalue weighted by Crippen LogP contribution is 2.15. The molecule has 0 atom stereocenters. The minimum absolute atomic E-state index is 0.860. The Morgan fingerprint density at radius 3 is 2.77 bits per heavy atom. The zero-order valence-electron chi connectivity index (χ0n) is 7.62. The molecule has 13 heavy (non-hydrogen) atoms. The zero-order chi connectivity index (χ0) is 9.68. The van der Waals surface area contributed by atoms with Crippen LogP contribution in [0.25, 0.3) is 5.57 Å². The van der Waals surface area contributed by atoms with E-state index >= 15 is 0 Å². The highest BCUT2D eigenvalue weighted by molar-refractivity contribution is 5.91. The predicted molar refractivity (Wildman–Crippen MR) is 55.8 cm³/mol. The maximum Gasteiger partial charge on any atom is 0.0704 e. The fraction of sp³-hybridized carbons (Fsp3) is 0.0909. The second-order valence-corrected chi connectivity index (χ2v) is 2.66. The molecule has 0 bridgehead atoms. The number of hydrogen-bond acceptors (Lipinski definition) is 2. The molecule has 0 aliphatic rings. The van der Waals surface area contributed by atoms with Crippen LogP contribution in [0.1, 0.15) is 12.6 Å². The van der Waals surface area contributed by atoms with Gasteiger partial charge in [0.25, 0.3) is 0 Å². The van der Waals surface area contributed by atoms with Gasteiger partial charge < -0.3 is 5.41 Å². The van der Waals surface area contributed by atoms with Crippen molar-refractivity contribution in [3.05, 3.63) is 48.3 Å². The molecule has 1 rings (SSSR count). The molecule has 2 nitrogen and oxygen atoms in total. The van der Waals surface area contributed by atoms with E-state index in [1.54, 1.807) is 12.3 Å². The lowest BCUT2D eigenvalue weighted by molar-refractivity contribution is 1.27. The molecule has 66 valence electrons. The summed E-state index contributed by atoms with van der Waals surface area (Å²) in [4.78, 5) is 4.19.